The fraction of sp³-hybridized carbons (Fsp3) is 0.429. The van der Waals surface area contributed by atoms with E-state index in [9.17, 15) is 9.90 Å². The molecule has 2 aromatic heterocycles. The second kappa shape index (κ2) is 8.33. The number of aromatic amines is 1. The molecule has 0 amide bonds. The predicted octanol–water partition coefficient (Wildman–Crippen LogP) is 3.86. The van der Waals surface area contributed by atoms with E-state index in [4.69, 9.17) is 4.98 Å². The van der Waals surface area contributed by atoms with Gasteiger partial charge in [0.1, 0.15) is 10.7 Å². The fourth-order valence-electron chi connectivity index (χ4n) is 3.52. The van der Waals surface area contributed by atoms with Crippen molar-refractivity contribution >= 4 is 21.6 Å². The molecule has 0 saturated carbocycles. The number of hydrogen-bond donors (Lipinski definition) is 2. The van der Waals surface area contributed by atoms with Crippen molar-refractivity contribution in [1.29, 1.82) is 0 Å². The molecule has 6 heteroatoms. The molecule has 0 aliphatic rings. The summed E-state index contributed by atoms with van der Waals surface area (Å²) in [6, 6.07) is 6.28. The molecule has 0 radical (unpaired) electrons. The Morgan fingerprint density at radius 2 is 2.07 bits per heavy atom. The maximum atomic E-state index is 12.8. The summed E-state index contributed by atoms with van der Waals surface area (Å²) >= 11 is 1.51. The lowest BCUT2D eigenvalue weighted by Crippen LogP contribution is -2.32. The molecule has 0 saturated heterocycles. The van der Waals surface area contributed by atoms with Crippen LogP contribution in [0.5, 0.6) is 0 Å². The third-order valence-electron chi connectivity index (χ3n) is 4.60. The average Bonchev–Trinajstić information content (AvgIpc) is 2.98. The lowest BCUT2D eigenvalue weighted by atomic mass is 9.99. The van der Waals surface area contributed by atoms with Gasteiger partial charge < -0.3 is 10.1 Å². The molecule has 0 spiro atoms. The van der Waals surface area contributed by atoms with Crippen molar-refractivity contribution in [3.8, 4) is 11.1 Å². The Labute approximate surface area is 163 Å². The predicted molar refractivity (Wildman–Crippen MR) is 112 cm³/mol. The maximum Gasteiger partial charge on any atom is 0.260 e. The van der Waals surface area contributed by atoms with Gasteiger partial charge in [0, 0.05) is 17.5 Å². The first-order valence-electron chi connectivity index (χ1n) is 9.37. The van der Waals surface area contributed by atoms with Crippen LogP contribution in [-0.4, -0.2) is 39.2 Å². The zero-order valence-corrected chi connectivity index (χ0v) is 17.2. The van der Waals surface area contributed by atoms with Gasteiger partial charge in [-0.1, -0.05) is 30.7 Å². The highest BCUT2D eigenvalue weighted by molar-refractivity contribution is 7.17. The lowest BCUT2D eigenvalue weighted by Gasteiger charge is -2.22. The van der Waals surface area contributed by atoms with Gasteiger partial charge in [0.2, 0.25) is 0 Å². The fourth-order valence-corrected chi connectivity index (χ4v) is 4.48. The van der Waals surface area contributed by atoms with Crippen molar-refractivity contribution < 1.29 is 5.11 Å². The SMILES string of the molecule is CCCN(Cc1nc2scc(-c3ccc(C)cc3C)c2c(=O)[nH]1)CC(C)O. The first-order valence-corrected chi connectivity index (χ1v) is 10.3. The third kappa shape index (κ3) is 4.46. The van der Waals surface area contributed by atoms with Crippen molar-refractivity contribution in [2.75, 3.05) is 13.1 Å². The minimum atomic E-state index is -0.412. The number of nitrogens with zero attached hydrogens (tertiary/aromatic N) is 2. The Bertz CT molecular complexity index is 991. The second-order valence-electron chi connectivity index (χ2n) is 7.24. The summed E-state index contributed by atoms with van der Waals surface area (Å²) in [5.74, 6) is 0.649. The normalized spacial score (nSPS) is 12.8. The van der Waals surface area contributed by atoms with Crippen molar-refractivity contribution in [2.24, 2.45) is 0 Å². The number of aryl methyl sites for hydroxylation is 2. The van der Waals surface area contributed by atoms with E-state index in [0.717, 1.165) is 34.5 Å². The molecule has 0 fully saturated rings. The Hall–Kier alpha value is -2.02. The van der Waals surface area contributed by atoms with Gasteiger partial charge in [-0.15, -0.1) is 11.3 Å². The summed E-state index contributed by atoms with van der Waals surface area (Å²) in [5.41, 5.74) is 4.29. The van der Waals surface area contributed by atoms with E-state index < -0.39 is 6.10 Å². The molecule has 144 valence electrons. The summed E-state index contributed by atoms with van der Waals surface area (Å²) in [6.07, 6.45) is 0.569. The van der Waals surface area contributed by atoms with E-state index in [2.05, 4.69) is 48.9 Å². The minimum absolute atomic E-state index is 0.0975. The number of nitrogens with one attached hydrogen (secondary N) is 1. The van der Waals surface area contributed by atoms with E-state index in [-0.39, 0.29) is 5.56 Å². The highest BCUT2D eigenvalue weighted by Gasteiger charge is 2.16. The number of hydrogen-bond acceptors (Lipinski definition) is 5. The number of aliphatic hydroxyl groups is 1. The number of aromatic nitrogens is 2. The molecular weight excluding hydrogens is 358 g/mol. The molecule has 27 heavy (non-hydrogen) atoms. The van der Waals surface area contributed by atoms with Gasteiger partial charge in [-0.25, -0.2) is 4.98 Å². The molecular formula is C21H27N3O2S. The molecule has 2 N–H and O–H groups in total. The van der Waals surface area contributed by atoms with E-state index in [1.807, 2.05) is 5.38 Å². The monoisotopic (exact) mass is 385 g/mol. The van der Waals surface area contributed by atoms with Gasteiger partial charge in [-0.05, 0) is 44.9 Å². The van der Waals surface area contributed by atoms with Gasteiger partial charge in [-0.3, -0.25) is 9.69 Å². The van der Waals surface area contributed by atoms with Crippen LogP contribution in [0.25, 0.3) is 21.3 Å². The summed E-state index contributed by atoms with van der Waals surface area (Å²) in [5, 5.41) is 12.4. The summed E-state index contributed by atoms with van der Waals surface area (Å²) in [7, 11) is 0. The van der Waals surface area contributed by atoms with Gasteiger partial charge >= 0.3 is 0 Å². The van der Waals surface area contributed by atoms with Crippen LogP contribution < -0.4 is 5.56 Å². The van der Waals surface area contributed by atoms with Gasteiger partial charge in [-0.2, -0.15) is 0 Å². The molecule has 1 unspecified atom stereocenters. The van der Waals surface area contributed by atoms with Crippen molar-refractivity contribution in [1.82, 2.24) is 14.9 Å². The number of fused-ring (bicyclic) bond motifs is 1. The third-order valence-corrected chi connectivity index (χ3v) is 5.47. The summed E-state index contributed by atoms with van der Waals surface area (Å²) in [6.45, 7) is 9.96. The molecule has 1 atom stereocenters. The van der Waals surface area contributed by atoms with Crippen LogP contribution in [0.2, 0.25) is 0 Å². The zero-order valence-electron chi connectivity index (χ0n) is 16.4. The molecule has 3 rings (SSSR count). The smallest absolute Gasteiger partial charge is 0.260 e. The maximum absolute atomic E-state index is 12.8. The highest BCUT2D eigenvalue weighted by Crippen LogP contribution is 2.33. The number of benzene rings is 1. The van der Waals surface area contributed by atoms with Gasteiger partial charge in [0.05, 0.1) is 18.0 Å². The van der Waals surface area contributed by atoms with Crippen LogP contribution in [0.4, 0.5) is 0 Å². The van der Waals surface area contributed by atoms with Crippen LogP contribution in [0.15, 0.2) is 28.4 Å². The van der Waals surface area contributed by atoms with Crippen LogP contribution in [0.1, 0.15) is 37.2 Å². The van der Waals surface area contributed by atoms with Crippen LogP contribution in [0.3, 0.4) is 0 Å². The number of H-pyrrole nitrogens is 1. The second-order valence-corrected chi connectivity index (χ2v) is 8.10. The summed E-state index contributed by atoms with van der Waals surface area (Å²) in [4.78, 5) is 23.4. The highest BCUT2D eigenvalue weighted by atomic mass is 32.1. The van der Waals surface area contributed by atoms with E-state index >= 15 is 0 Å². The minimum Gasteiger partial charge on any atom is -0.392 e. The zero-order chi connectivity index (χ0) is 19.6. The molecule has 0 bridgehead atoms. The first-order chi connectivity index (χ1) is 12.9. The Kier molecular flexibility index (Phi) is 6.09. The van der Waals surface area contributed by atoms with Crippen LogP contribution >= 0.6 is 11.3 Å². The Morgan fingerprint density at radius 1 is 1.30 bits per heavy atom. The quantitative estimate of drug-likeness (QED) is 0.648. The molecule has 1 aromatic carbocycles. The summed E-state index contributed by atoms with van der Waals surface area (Å²) < 4.78 is 0. The van der Waals surface area contributed by atoms with Crippen LogP contribution in [-0.2, 0) is 6.54 Å². The average molecular weight is 386 g/mol. The standard InChI is InChI=1S/C21H27N3O2S/c1-5-8-24(10-15(4)25)11-18-22-20(26)19-17(12-27-21(19)23-18)16-7-6-13(2)9-14(16)3/h6-7,9,12,15,25H,5,8,10-11H2,1-4H3,(H,22,23,26). The van der Waals surface area contributed by atoms with Crippen molar-refractivity contribution in [2.45, 2.75) is 46.8 Å². The number of aliphatic hydroxyl groups excluding tert-OH is 1. The number of thiophene rings is 1. The first kappa shape index (κ1) is 19.7. The molecule has 0 aliphatic carbocycles. The Balaban J connectivity index is 1.98. The van der Waals surface area contributed by atoms with E-state index in [1.165, 1.54) is 16.9 Å². The van der Waals surface area contributed by atoms with Crippen molar-refractivity contribution in [3.63, 3.8) is 0 Å². The van der Waals surface area contributed by atoms with Gasteiger partial charge in [0.15, 0.2) is 0 Å². The largest absolute Gasteiger partial charge is 0.392 e. The lowest BCUT2D eigenvalue weighted by molar-refractivity contribution is 0.121. The van der Waals surface area contributed by atoms with Gasteiger partial charge in [0.25, 0.3) is 5.56 Å². The van der Waals surface area contributed by atoms with E-state index in [0.29, 0.717) is 24.3 Å². The van der Waals surface area contributed by atoms with Crippen molar-refractivity contribution in [3.05, 3.63) is 50.9 Å². The number of rotatable bonds is 7. The Morgan fingerprint density at radius 3 is 2.74 bits per heavy atom. The van der Waals surface area contributed by atoms with Crippen LogP contribution in [0, 0.1) is 13.8 Å². The molecule has 0 aliphatic heterocycles. The topological polar surface area (TPSA) is 69.2 Å². The van der Waals surface area contributed by atoms with E-state index in [1.54, 1.807) is 6.92 Å². The molecule has 5 nitrogen and oxygen atoms in total. The molecule has 3 aromatic rings. The molecule has 2 heterocycles.